The fourth-order valence-electron chi connectivity index (χ4n) is 12.5. The summed E-state index contributed by atoms with van der Waals surface area (Å²) in [5, 5.41) is 12.8. The van der Waals surface area contributed by atoms with Crippen LogP contribution in [0.3, 0.4) is 0 Å². The van der Waals surface area contributed by atoms with Crippen LogP contribution in [0.5, 0.6) is 0 Å². The number of carbonyl (C=O) groups is 2. The van der Waals surface area contributed by atoms with E-state index in [9.17, 15) is 14.7 Å². The lowest BCUT2D eigenvalue weighted by Crippen LogP contribution is -2.65. The van der Waals surface area contributed by atoms with Gasteiger partial charge in [0.05, 0.1) is 11.0 Å². The van der Waals surface area contributed by atoms with Crippen molar-refractivity contribution in [1.29, 1.82) is 0 Å². The molecule has 48 heavy (non-hydrogen) atoms. The van der Waals surface area contributed by atoms with E-state index in [0.29, 0.717) is 41.1 Å². The Morgan fingerprint density at radius 2 is 1.56 bits per heavy atom. The largest absolute Gasteiger partial charge is 0.478 e. The van der Waals surface area contributed by atoms with Crippen molar-refractivity contribution in [3.8, 4) is 12.8 Å². The van der Waals surface area contributed by atoms with Crippen LogP contribution in [0, 0.1) is 69.5 Å². The van der Waals surface area contributed by atoms with Gasteiger partial charge in [0, 0.05) is 6.54 Å². The Morgan fingerprint density at radius 3 is 2.17 bits per heavy atom. The van der Waals surface area contributed by atoms with Crippen molar-refractivity contribution >= 4 is 17.4 Å². The minimum atomic E-state index is -0.865. The molecular weight excluding hydrogens is 590 g/mol. The van der Waals surface area contributed by atoms with E-state index < -0.39 is 5.97 Å². The van der Waals surface area contributed by atoms with E-state index in [1.807, 2.05) is 19.1 Å². The van der Waals surface area contributed by atoms with Gasteiger partial charge in [-0.05, 0) is 146 Å². The van der Waals surface area contributed by atoms with Gasteiger partial charge in [-0.1, -0.05) is 79.2 Å². The highest BCUT2D eigenvalue weighted by Gasteiger charge is 2.70. The quantitative estimate of drug-likeness (QED) is 0.237. The van der Waals surface area contributed by atoms with Crippen LogP contribution in [-0.2, 0) is 4.79 Å². The number of allylic oxidation sites excluding steroid dienone is 3. The van der Waals surface area contributed by atoms with Gasteiger partial charge in [-0.15, -0.1) is 19.4 Å². The van der Waals surface area contributed by atoms with Crippen LogP contribution < -0.4 is 5.32 Å². The standard InChI is InChI=1S/C39H57NO3.C3H6.C2H2/c1-25(2)18-24-40-34(43)39-19-8-9-30(39)29-14-15-32-36(5)20-16-28(26-10-12-27(13-11-26)33(41)42)35(3,4)31(36)17-21-38(32,7)37(29,6)22-23-39;1-3-2;1-2/h10-13,16,25,29-32H,8-9,14-15,17-24H2,1-7H3,(H,40,43)(H,41,42);3H,1H2,2H3;1-2H/t29-,30?,31?,32?,36+,37-,38-,39+;;/m1../s1. The molecule has 6 rings (SSSR count). The molecule has 1 aromatic carbocycles. The highest BCUT2D eigenvalue weighted by molar-refractivity contribution is 5.88. The molecule has 264 valence electrons. The second-order valence-corrected chi connectivity index (χ2v) is 17.6. The number of hydrogen-bond donors (Lipinski definition) is 2. The topological polar surface area (TPSA) is 66.4 Å². The van der Waals surface area contributed by atoms with Gasteiger partial charge in [-0.2, -0.15) is 0 Å². The van der Waals surface area contributed by atoms with Gasteiger partial charge in [0.2, 0.25) is 5.91 Å². The maximum absolute atomic E-state index is 13.9. The zero-order chi connectivity index (χ0) is 35.7. The summed E-state index contributed by atoms with van der Waals surface area (Å²) in [4.78, 5) is 25.4. The molecule has 0 aromatic heterocycles. The van der Waals surface area contributed by atoms with Gasteiger partial charge >= 0.3 is 5.97 Å². The van der Waals surface area contributed by atoms with Crippen LogP contribution in [0.25, 0.3) is 5.57 Å². The number of rotatable bonds is 6. The SMILES string of the molecule is C#C.C=CC.CC(C)CCNC(=O)[C@]12CCCC1[C@H]1CCC3[C@@]4(C)CC=C(c5ccc(C(=O)O)cc5)C(C)(C)C4CC[C@@]3(C)[C@]1(C)CC2. The summed E-state index contributed by atoms with van der Waals surface area (Å²) in [6.45, 7) is 23.4. The molecule has 2 N–H and O–H groups in total. The minimum absolute atomic E-state index is 0.0259. The highest BCUT2D eigenvalue weighted by Crippen LogP contribution is 2.77. The average molecular weight is 656 g/mol. The maximum atomic E-state index is 13.9. The zero-order valence-electron chi connectivity index (χ0n) is 31.5. The molecule has 0 aliphatic heterocycles. The van der Waals surface area contributed by atoms with E-state index in [0.717, 1.165) is 32.2 Å². The van der Waals surface area contributed by atoms with Crippen molar-refractivity contribution in [2.45, 2.75) is 126 Å². The third-order valence-electron chi connectivity index (χ3n) is 14.8. The van der Waals surface area contributed by atoms with Crippen LogP contribution in [0.2, 0.25) is 0 Å². The predicted molar refractivity (Wildman–Crippen MR) is 200 cm³/mol. The predicted octanol–water partition coefficient (Wildman–Crippen LogP) is 10.8. The summed E-state index contributed by atoms with van der Waals surface area (Å²) in [5.41, 5.74) is 3.63. The summed E-state index contributed by atoms with van der Waals surface area (Å²) in [7, 11) is 0. The Labute approximate surface area is 293 Å². The van der Waals surface area contributed by atoms with Crippen LogP contribution >= 0.6 is 0 Å². The van der Waals surface area contributed by atoms with Gasteiger partial charge < -0.3 is 10.4 Å². The number of carboxylic acids is 1. The molecule has 5 aliphatic rings. The third kappa shape index (κ3) is 6.00. The molecule has 4 heteroatoms. The number of aromatic carboxylic acids is 1. The molecule has 8 atom stereocenters. The molecule has 0 bridgehead atoms. The van der Waals surface area contributed by atoms with Crippen LogP contribution in [0.1, 0.15) is 142 Å². The summed E-state index contributed by atoms with van der Waals surface area (Å²) in [5.74, 6) is 2.60. The molecule has 0 heterocycles. The van der Waals surface area contributed by atoms with Crippen molar-refractivity contribution in [3.05, 3.63) is 54.1 Å². The molecule has 0 spiro atoms. The summed E-state index contributed by atoms with van der Waals surface area (Å²) < 4.78 is 0. The third-order valence-corrected chi connectivity index (χ3v) is 14.8. The molecule has 0 radical (unpaired) electrons. The van der Waals surface area contributed by atoms with E-state index in [2.05, 4.69) is 79.3 Å². The van der Waals surface area contributed by atoms with Gasteiger partial charge in [0.25, 0.3) is 0 Å². The molecule has 3 unspecified atom stereocenters. The lowest BCUT2D eigenvalue weighted by Gasteiger charge is -2.72. The van der Waals surface area contributed by atoms with Crippen molar-refractivity contribution in [2.75, 3.05) is 6.54 Å². The Balaban J connectivity index is 0.000000986. The lowest BCUT2D eigenvalue weighted by molar-refractivity contribution is -0.222. The summed E-state index contributed by atoms with van der Waals surface area (Å²) in [6, 6.07) is 7.57. The normalized spacial score (nSPS) is 37.4. The fourth-order valence-corrected chi connectivity index (χ4v) is 12.5. The molecule has 1 aromatic rings. The number of nitrogens with one attached hydrogen (secondary N) is 1. The van der Waals surface area contributed by atoms with E-state index in [-0.39, 0.29) is 27.1 Å². The van der Waals surface area contributed by atoms with Crippen LogP contribution in [0.15, 0.2) is 43.0 Å². The number of fused-ring (bicyclic) bond motifs is 7. The van der Waals surface area contributed by atoms with Crippen LogP contribution in [0.4, 0.5) is 0 Å². The van der Waals surface area contributed by atoms with E-state index >= 15 is 0 Å². The minimum Gasteiger partial charge on any atom is -0.478 e. The maximum Gasteiger partial charge on any atom is 0.335 e. The highest BCUT2D eigenvalue weighted by atomic mass is 16.4. The van der Waals surface area contributed by atoms with Crippen molar-refractivity contribution < 1.29 is 14.7 Å². The summed E-state index contributed by atoms with van der Waals surface area (Å²) >= 11 is 0. The second-order valence-electron chi connectivity index (χ2n) is 17.6. The lowest BCUT2D eigenvalue weighted by atomic mass is 9.32. The van der Waals surface area contributed by atoms with E-state index in [1.54, 1.807) is 18.2 Å². The number of carboxylic acid groups (broad SMARTS) is 1. The molecular formula is C44H65NO3. The van der Waals surface area contributed by atoms with Gasteiger partial charge in [-0.3, -0.25) is 4.79 Å². The van der Waals surface area contributed by atoms with Gasteiger partial charge in [-0.25, -0.2) is 4.79 Å². The van der Waals surface area contributed by atoms with E-state index in [4.69, 9.17) is 0 Å². The Morgan fingerprint density at radius 1 is 0.917 bits per heavy atom. The van der Waals surface area contributed by atoms with Crippen molar-refractivity contribution in [1.82, 2.24) is 5.32 Å². The van der Waals surface area contributed by atoms with Crippen LogP contribution in [-0.4, -0.2) is 23.5 Å². The number of amides is 1. The molecule has 1 amide bonds. The smallest absolute Gasteiger partial charge is 0.335 e. The summed E-state index contributed by atoms with van der Waals surface area (Å²) in [6.07, 6.45) is 25.3. The molecule has 5 aliphatic carbocycles. The zero-order valence-corrected chi connectivity index (χ0v) is 31.5. The second kappa shape index (κ2) is 14.2. The van der Waals surface area contributed by atoms with Gasteiger partial charge in [0.1, 0.15) is 0 Å². The molecule has 4 nitrogen and oxygen atoms in total. The van der Waals surface area contributed by atoms with E-state index in [1.165, 1.54) is 56.1 Å². The van der Waals surface area contributed by atoms with Crippen molar-refractivity contribution in [3.63, 3.8) is 0 Å². The molecule has 0 saturated heterocycles. The first-order valence-electron chi connectivity index (χ1n) is 18.9. The first-order chi connectivity index (χ1) is 22.6. The number of carbonyl (C=O) groups excluding carboxylic acids is 1. The van der Waals surface area contributed by atoms with Crippen molar-refractivity contribution in [2.24, 2.45) is 56.7 Å². The monoisotopic (exact) mass is 655 g/mol. The number of terminal acetylenes is 1. The number of hydrogen-bond acceptors (Lipinski definition) is 2. The Bertz CT molecular complexity index is 1390. The molecule has 4 saturated carbocycles. The molecule has 4 fully saturated rings. The number of benzene rings is 1. The first-order valence-corrected chi connectivity index (χ1v) is 18.9. The fraction of sp³-hybridized carbons (Fsp3) is 0.682. The Kier molecular flexibility index (Phi) is 11.2. The average Bonchev–Trinajstić information content (AvgIpc) is 3.48. The Hall–Kier alpha value is -2.80. The van der Waals surface area contributed by atoms with Gasteiger partial charge in [0.15, 0.2) is 0 Å². The first kappa shape index (κ1) is 38.0.